The van der Waals surface area contributed by atoms with Gasteiger partial charge in [-0.25, -0.2) is 13.1 Å². The molecule has 20 heavy (non-hydrogen) atoms. The van der Waals surface area contributed by atoms with Crippen molar-refractivity contribution in [1.82, 2.24) is 4.72 Å². The summed E-state index contributed by atoms with van der Waals surface area (Å²) >= 11 is 0. The van der Waals surface area contributed by atoms with Crippen molar-refractivity contribution in [2.45, 2.75) is 38.1 Å². The largest absolute Gasteiger partial charge is 0.382 e. The van der Waals surface area contributed by atoms with Crippen LogP contribution in [-0.4, -0.2) is 28.2 Å². The molecular formula is C14H24N2O3S. The van der Waals surface area contributed by atoms with Crippen molar-refractivity contribution < 1.29 is 13.2 Å². The van der Waals surface area contributed by atoms with Gasteiger partial charge in [-0.3, -0.25) is 0 Å². The Hall–Kier alpha value is -0.950. The minimum atomic E-state index is -3.48. The molecule has 0 saturated carbocycles. The Labute approximate surface area is 121 Å². The molecule has 0 bridgehead atoms. The van der Waals surface area contributed by atoms with Crippen LogP contribution in [0.15, 0.2) is 23.1 Å². The first-order valence-electron chi connectivity index (χ1n) is 6.94. The average Bonchev–Trinajstić information content (AvgIpc) is 2.46. The maximum Gasteiger partial charge on any atom is 0.240 e. The lowest BCUT2D eigenvalue weighted by atomic mass is 10.1. The first-order chi connectivity index (χ1) is 9.55. The Kier molecular flexibility index (Phi) is 7.15. The second kappa shape index (κ2) is 8.36. The van der Waals surface area contributed by atoms with Gasteiger partial charge in [-0.1, -0.05) is 19.1 Å². The zero-order valence-electron chi connectivity index (χ0n) is 12.2. The number of nitrogens with two attached hydrogens (primary N) is 1. The topological polar surface area (TPSA) is 81.4 Å². The quantitative estimate of drug-likeness (QED) is 0.676. The highest BCUT2D eigenvalue weighted by molar-refractivity contribution is 7.89. The van der Waals surface area contributed by atoms with E-state index >= 15 is 0 Å². The van der Waals surface area contributed by atoms with Crippen molar-refractivity contribution in [2.75, 3.05) is 19.8 Å². The number of hydrogen-bond donors (Lipinski definition) is 2. The number of benzene rings is 1. The lowest BCUT2D eigenvalue weighted by Gasteiger charge is -2.12. The fourth-order valence-electron chi connectivity index (χ4n) is 1.87. The summed E-state index contributed by atoms with van der Waals surface area (Å²) in [5.41, 5.74) is 7.20. The molecule has 1 aromatic carbocycles. The predicted molar refractivity (Wildman–Crippen MR) is 80.0 cm³/mol. The summed E-state index contributed by atoms with van der Waals surface area (Å²) in [4.78, 5) is 0.333. The second-order valence-electron chi connectivity index (χ2n) is 4.45. The molecule has 3 N–H and O–H groups in total. The zero-order valence-corrected chi connectivity index (χ0v) is 13.0. The van der Waals surface area contributed by atoms with Gasteiger partial charge in [0.1, 0.15) is 0 Å². The van der Waals surface area contributed by atoms with Gasteiger partial charge in [-0.05, 0) is 37.0 Å². The molecule has 0 unspecified atom stereocenters. The first-order valence-corrected chi connectivity index (χ1v) is 8.42. The first kappa shape index (κ1) is 17.1. The summed E-state index contributed by atoms with van der Waals surface area (Å²) in [6.45, 7) is 5.75. The fraction of sp³-hybridized carbons (Fsp3) is 0.571. The maximum absolute atomic E-state index is 12.3. The van der Waals surface area contributed by atoms with Crippen LogP contribution in [0, 0.1) is 0 Å². The maximum atomic E-state index is 12.3. The number of hydrogen-bond acceptors (Lipinski definition) is 4. The molecule has 0 radical (unpaired) electrons. The van der Waals surface area contributed by atoms with Gasteiger partial charge < -0.3 is 10.5 Å². The van der Waals surface area contributed by atoms with Crippen LogP contribution in [0.3, 0.4) is 0 Å². The van der Waals surface area contributed by atoms with E-state index in [-0.39, 0.29) is 0 Å². The standard InChI is InChI=1S/C14H24N2O3S/c1-3-13-7-6-12(11-15)10-14(13)20(17,18)16-8-5-9-19-4-2/h6-7,10,16H,3-5,8-9,11,15H2,1-2H3. The van der Waals surface area contributed by atoms with E-state index in [1.54, 1.807) is 6.07 Å². The van der Waals surface area contributed by atoms with Gasteiger partial charge in [-0.2, -0.15) is 0 Å². The number of ether oxygens (including phenoxy) is 1. The molecule has 0 atom stereocenters. The second-order valence-corrected chi connectivity index (χ2v) is 6.18. The highest BCUT2D eigenvalue weighted by Crippen LogP contribution is 2.18. The Balaban J connectivity index is 2.80. The molecule has 0 aromatic heterocycles. The highest BCUT2D eigenvalue weighted by atomic mass is 32.2. The van der Waals surface area contributed by atoms with Crippen LogP contribution in [0.5, 0.6) is 0 Å². The molecule has 0 fully saturated rings. The third-order valence-corrected chi connectivity index (χ3v) is 4.54. The monoisotopic (exact) mass is 300 g/mol. The zero-order chi connectivity index (χ0) is 15.0. The Morgan fingerprint density at radius 1 is 1.30 bits per heavy atom. The minimum Gasteiger partial charge on any atom is -0.382 e. The van der Waals surface area contributed by atoms with E-state index in [0.717, 1.165) is 11.1 Å². The normalized spacial score (nSPS) is 11.8. The van der Waals surface area contributed by atoms with Crippen molar-refractivity contribution in [1.29, 1.82) is 0 Å². The Morgan fingerprint density at radius 3 is 2.65 bits per heavy atom. The van der Waals surface area contributed by atoms with Crippen LogP contribution in [0.2, 0.25) is 0 Å². The molecule has 0 aliphatic carbocycles. The Bertz CT molecular complexity index is 515. The lowest BCUT2D eigenvalue weighted by Crippen LogP contribution is -2.26. The van der Waals surface area contributed by atoms with Crippen molar-refractivity contribution in [2.24, 2.45) is 5.73 Å². The highest BCUT2D eigenvalue weighted by Gasteiger charge is 2.17. The summed E-state index contributed by atoms with van der Waals surface area (Å²) in [5.74, 6) is 0. The molecule has 1 rings (SSSR count). The van der Waals surface area contributed by atoms with E-state index in [0.29, 0.717) is 44.0 Å². The summed E-state index contributed by atoms with van der Waals surface area (Å²) in [5, 5.41) is 0. The smallest absolute Gasteiger partial charge is 0.240 e. The van der Waals surface area contributed by atoms with E-state index in [4.69, 9.17) is 10.5 Å². The fourth-order valence-corrected chi connectivity index (χ4v) is 3.30. The van der Waals surface area contributed by atoms with Crippen molar-refractivity contribution in [3.63, 3.8) is 0 Å². The molecule has 0 heterocycles. The SMILES string of the molecule is CCOCCCNS(=O)(=O)c1cc(CN)ccc1CC. The molecule has 0 aliphatic rings. The average molecular weight is 300 g/mol. The van der Waals surface area contributed by atoms with E-state index < -0.39 is 10.0 Å². The van der Waals surface area contributed by atoms with E-state index in [1.165, 1.54) is 0 Å². The van der Waals surface area contributed by atoms with Crippen LogP contribution in [-0.2, 0) is 27.7 Å². The molecule has 0 aliphatic heterocycles. The van der Waals surface area contributed by atoms with Crippen molar-refractivity contribution in [3.8, 4) is 0 Å². The van der Waals surface area contributed by atoms with Gasteiger partial charge in [0.15, 0.2) is 0 Å². The van der Waals surface area contributed by atoms with Crippen LogP contribution in [0.1, 0.15) is 31.4 Å². The van der Waals surface area contributed by atoms with Crippen LogP contribution in [0.25, 0.3) is 0 Å². The molecule has 6 heteroatoms. The minimum absolute atomic E-state index is 0.330. The van der Waals surface area contributed by atoms with Gasteiger partial charge in [-0.15, -0.1) is 0 Å². The molecular weight excluding hydrogens is 276 g/mol. The summed E-state index contributed by atoms with van der Waals surface area (Å²) in [7, 11) is -3.48. The van der Waals surface area contributed by atoms with Gasteiger partial charge in [0.25, 0.3) is 0 Å². The van der Waals surface area contributed by atoms with Gasteiger partial charge in [0.05, 0.1) is 4.90 Å². The molecule has 0 amide bonds. The lowest BCUT2D eigenvalue weighted by molar-refractivity contribution is 0.146. The molecule has 5 nitrogen and oxygen atoms in total. The van der Waals surface area contributed by atoms with Gasteiger partial charge in [0.2, 0.25) is 10.0 Å². The molecule has 0 spiro atoms. The van der Waals surface area contributed by atoms with Crippen LogP contribution >= 0.6 is 0 Å². The summed E-state index contributed by atoms with van der Waals surface area (Å²) in [6.07, 6.45) is 1.32. The van der Waals surface area contributed by atoms with Crippen molar-refractivity contribution >= 4 is 10.0 Å². The van der Waals surface area contributed by atoms with Gasteiger partial charge >= 0.3 is 0 Å². The third kappa shape index (κ3) is 4.86. The number of aryl methyl sites for hydroxylation is 1. The van der Waals surface area contributed by atoms with Crippen LogP contribution in [0.4, 0.5) is 0 Å². The Morgan fingerprint density at radius 2 is 2.05 bits per heavy atom. The van der Waals surface area contributed by atoms with E-state index in [9.17, 15) is 8.42 Å². The van der Waals surface area contributed by atoms with E-state index in [2.05, 4.69) is 4.72 Å². The number of nitrogens with one attached hydrogen (secondary N) is 1. The predicted octanol–water partition coefficient (Wildman–Crippen LogP) is 1.41. The molecule has 0 saturated heterocycles. The summed E-state index contributed by atoms with van der Waals surface area (Å²) < 4.78 is 32.4. The number of rotatable bonds is 9. The van der Waals surface area contributed by atoms with Crippen molar-refractivity contribution in [3.05, 3.63) is 29.3 Å². The van der Waals surface area contributed by atoms with Crippen LogP contribution < -0.4 is 10.5 Å². The third-order valence-electron chi connectivity index (χ3n) is 3.00. The molecule has 114 valence electrons. The number of sulfonamides is 1. The summed E-state index contributed by atoms with van der Waals surface area (Å²) in [6, 6.07) is 5.35. The molecule has 1 aromatic rings. The van der Waals surface area contributed by atoms with E-state index in [1.807, 2.05) is 26.0 Å². The van der Waals surface area contributed by atoms with Gasteiger partial charge in [0, 0.05) is 26.3 Å².